The number of piperazine rings is 1. The molecule has 0 radical (unpaired) electrons. The molecule has 7 heteroatoms. The Morgan fingerprint density at radius 1 is 1.05 bits per heavy atom. The van der Waals surface area contributed by atoms with Crippen LogP contribution in [0.2, 0.25) is 0 Å². The van der Waals surface area contributed by atoms with Crippen LogP contribution in [0.15, 0.2) is 36.4 Å². The van der Waals surface area contributed by atoms with Crippen molar-refractivity contribution in [3.8, 4) is 17.1 Å². The number of ether oxygens (including phenoxy) is 1. The molecule has 0 bridgehead atoms. The highest BCUT2D eigenvalue weighted by atomic mass is 16.5. The summed E-state index contributed by atoms with van der Waals surface area (Å²) in [6.45, 7) is 17.7. The van der Waals surface area contributed by atoms with Gasteiger partial charge in [0.2, 0.25) is 5.91 Å². The van der Waals surface area contributed by atoms with Gasteiger partial charge in [0.25, 0.3) is 0 Å². The zero-order valence-corrected chi connectivity index (χ0v) is 23.8. The van der Waals surface area contributed by atoms with Gasteiger partial charge in [0.1, 0.15) is 18.2 Å². The lowest BCUT2D eigenvalue weighted by atomic mass is 10.0. The first kappa shape index (κ1) is 27.6. The van der Waals surface area contributed by atoms with E-state index in [4.69, 9.17) is 20.4 Å². The monoisotopic (exact) mass is 515 g/mol. The fourth-order valence-corrected chi connectivity index (χ4v) is 5.19. The molecule has 0 aliphatic carbocycles. The highest BCUT2D eigenvalue weighted by Gasteiger charge is 2.28. The number of rotatable bonds is 8. The average molecular weight is 516 g/mol. The summed E-state index contributed by atoms with van der Waals surface area (Å²) < 4.78 is 6.44. The second-order valence-corrected chi connectivity index (χ2v) is 10.9. The summed E-state index contributed by atoms with van der Waals surface area (Å²) >= 11 is 0. The first-order valence-electron chi connectivity index (χ1n) is 13.5. The quantitative estimate of drug-likeness (QED) is 0.451. The van der Waals surface area contributed by atoms with Crippen molar-refractivity contribution in [2.45, 2.75) is 67.0 Å². The topological polar surface area (TPSA) is 84.6 Å². The molecule has 1 amide bonds. The molecule has 2 N–H and O–H groups in total. The van der Waals surface area contributed by atoms with E-state index in [1.54, 1.807) is 0 Å². The lowest BCUT2D eigenvalue weighted by Gasteiger charge is -2.40. The van der Waals surface area contributed by atoms with Crippen LogP contribution < -0.4 is 15.4 Å². The van der Waals surface area contributed by atoms with Crippen molar-refractivity contribution in [1.82, 2.24) is 14.9 Å². The lowest BCUT2D eigenvalue weighted by Crippen LogP contribution is -2.54. The van der Waals surface area contributed by atoms with Crippen LogP contribution in [0.25, 0.3) is 11.4 Å². The van der Waals surface area contributed by atoms with Gasteiger partial charge in [-0.15, -0.1) is 0 Å². The number of primary amides is 1. The largest absolute Gasteiger partial charge is 0.488 e. The van der Waals surface area contributed by atoms with Crippen LogP contribution in [0.1, 0.15) is 60.2 Å². The molecule has 1 aromatic heterocycles. The predicted molar refractivity (Wildman–Crippen MR) is 154 cm³/mol. The minimum atomic E-state index is -0.298. The van der Waals surface area contributed by atoms with Crippen LogP contribution >= 0.6 is 0 Å². The maximum absolute atomic E-state index is 11.6. The Bertz CT molecular complexity index is 1300. The molecule has 4 rings (SSSR count). The van der Waals surface area contributed by atoms with Gasteiger partial charge in [0.15, 0.2) is 5.82 Å². The molecule has 0 unspecified atom stereocenters. The maximum Gasteiger partial charge on any atom is 0.231 e. The summed E-state index contributed by atoms with van der Waals surface area (Å²) in [5.74, 6) is 2.66. The Hall–Kier alpha value is -3.45. The van der Waals surface area contributed by atoms with Crippen molar-refractivity contribution in [2.24, 2.45) is 5.73 Å². The fraction of sp³-hybridized carbons (Fsp3) is 0.452. The molecule has 202 valence electrons. The van der Waals surface area contributed by atoms with E-state index in [1.807, 2.05) is 6.92 Å². The van der Waals surface area contributed by atoms with Crippen LogP contribution in [-0.4, -0.2) is 53.0 Å². The number of hydrogen-bond acceptors (Lipinski definition) is 6. The number of amides is 1. The van der Waals surface area contributed by atoms with E-state index >= 15 is 0 Å². The smallest absolute Gasteiger partial charge is 0.231 e. The van der Waals surface area contributed by atoms with Gasteiger partial charge in [0, 0.05) is 31.2 Å². The van der Waals surface area contributed by atoms with E-state index in [0.29, 0.717) is 12.5 Å². The van der Waals surface area contributed by atoms with E-state index in [9.17, 15) is 4.79 Å². The van der Waals surface area contributed by atoms with Crippen LogP contribution in [0.4, 0.5) is 5.82 Å². The molecule has 1 aliphatic rings. The molecule has 38 heavy (non-hydrogen) atoms. The summed E-state index contributed by atoms with van der Waals surface area (Å²) in [6, 6.07) is 12.9. The van der Waals surface area contributed by atoms with Crippen LogP contribution in [0.3, 0.4) is 0 Å². The summed E-state index contributed by atoms with van der Waals surface area (Å²) in [6.07, 6.45) is 0. The Labute approximate surface area is 227 Å². The SMILES string of the molecule is Cc1ccc(C(C)C)cc1OCc1c(C)nc(-c2c(C)cccc2C)nc1N1CCN(CC(N)=O)[C@H](C)C1. The molecular formula is C31H41N5O2. The third-order valence-corrected chi connectivity index (χ3v) is 7.57. The van der Waals surface area contributed by atoms with E-state index in [0.717, 1.165) is 70.5 Å². The number of carbonyl (C=O) groups is 1. The van der Waals surface area contributed by atoms with Crippen molar-refractivity contribution in [1.29, 1.82) is 0 Å². The predicted octanol–water partition coefficient (Wildman–Crippen LogP) is 5.08. The number of aromatic nitrogens is 2. The Balaban J connectivity index is 1.73. The van der Waals surface area contributed by atoms with Gasteiger partial charge >= 0.3 is 0 Å². The molecule has 0 spiro atoms. The first-order chi connectivity index (χ1) is 18.0. The summed E-state index contributed by atoms with van der Waals surface area (Å²) in [7, 11) is 0. The Kier molecular flexibility index (Phi) is 8.36. The summed E-state index contributed by atoms with van der Waals surface area (Å²) in [4.78, 5) is 26.2. The van der Waals surface area contributed by atoms with Gasteiger partial charge in [0.05, 0.1) is 17.8 Å². The van der Waals surface area contributed by atoms with E-state index in [2.05, 4.69) is 87.7 Å². The molecule has 1 saturated heterocycles. The van der Waals surface area contributed by atoms with Crippen molar-refractivity contribution in [2.75, 3.05) is 31.1 Å². The fourth-order valence-electron chi connectivity index (χ4n) is 5.19. The Morgan fingerprint density at radius 2 is 1.76 bits per heavy atom. The van der Waals surface area contributed by atoms with E-state index in [-0.39, 0.29) is 18.5 Å². The van der Waals surface area contributed by atoms with Gasteiger partial charge in [-0.2, -0.15) is 0 Å². The summed E-state index contributed by atoms with van der Waals surface area (Å²) in [5.41, 5.74) is 13.1. The van der Waals surface area contributed by atoms with Crippen LogP contribution in [0.5, 0.6) is 5.75 Å². The van der Waals surface area contributed by atoms with Crippen molar-refractivity contribution < 1.29 is 9.53 Å². The molecule has 1 atom stereocenters. The maximum atomic E-state index is 11.6. The average Bonchev–Trinajstić information content (AvgIpc) is 2.84. The minimum absolute atomic E-state index is 0.161. The molecule has 3 aromatic rings. The number of carbonyl (C=O) groups excluding carboxylic acids is 1. The minimum Gasteiger partial charge on any atom is -0.488 e. The molecule has 2 heterocycles. The van der Waals surface area contributed by atoms with Crippen LogP contribution in [0, 0.1) is 27.7 Å². The Morgan fingerprint density at radius 3 is 2.39 bits per heavy atom. The molecule has 7 nitrogen and oxygen atoms in total. The van der Waals surface area contributed by atoms with Gasteiger partial charge in [-0.05, 0) is 68.9 Å². The molecular weight excluding hydrogens is 474 g/mol. The number of benzene rings is 2. The second-order valence-electron chi connectivity index (χ2n) is 10.9. The van der Waals surface area contributed by atoms with E-state index in [1.165, 1.54) is 5.56 Å². The van der Waals surface area contributed by atoms with Gasteiger partial charge in [-0.1, -0.05) is 44.2 Å². The number of nitrogens with zero attached hydrogens (tertiary/aromatic N) is 4. The first-order valence-corrected chi connectivity index (χ1v) is 13.5. The molecule has 1 fully saturated rings. The molecule has 2 aromatic carbocycles. The van der Waals surface area contributed by atoms with Crippen LogP contribution in [-0.2, 0) is 11.4 Å². The van der Waals surface area contributed by atoms with Crippen molar-refractivity contribution >= 4 is 11.7 Å². The third-order valence-electron chi connectivity index (χ3n) is 7.57. The number of anilines is 1. The van der Waals surface area contributed by atoms with Gasteiger partial charge < -0.3 is 15.4 Å². The zero-order chi connectivity index (χ0) is 27.6. The van der Waals surface area contributed by atoms with Crippen molar-refractivity contribution in [3.63, 3.8) is 0 Å². The number of aryl methyl sites for hydroxylation is 4. The zero-order valence-electron chi connectivity index (χ0n) is 23.8. The molecule has 1 aliphatic heterocycles. The third kappa shape index (κ3) is 5.99. The number of hydrogen-bond donors (Lipinski definition) is 1. The normalized spacial score (nSPS) is 16.2. The standard InChI is InChI=1S/C31H41N5O2/c1-19(2)25-12-11-20(3)27(15-25)38-18-26-24(7)33-30(29-21(4)9-8-10-22(29)5)34-31(26)36-14-13-35(17-28(32)37)23(6)16-36/h8-12,15,19,23H,13-14,16-18H2,1-7H3,(H2,32,37)/t23-/m1/s1. The van der Waals surface area contributed by atoms with Crippen molar-refractivity contribution in [3.05, 3.63) is 69.9 Å². The second kappa shape index (κ2) is 11.5. The lowest BCUT2D eigenvalue weighted by molar-refractivity contribution is -0.119. The van der Waals surface area contributed by atoms with Gasteiger partial charge in [-0.3, -0.25) is 9.69 Å². The highest BCUT2D eigenvalue weighted by Crippen LogP contribution is 2.32. The summed E-state index contributed by atoms with van der Waals surface area (Å²) in [5, 5.41) is 0. The van der Waals surface area contributed by atoms with E-state index < -0.39 is 0 Å². The number of nitrogens with two attached hydrogens (primary N) is 1. The van der Waals surface area contributed by atoms with Gasteiger partial charge in [-0.25, -0.2) is 9.97 Å². The molecule has 0 saturated carbocycles. The highest BCUT2D eigenvalue weighted by molar-refractivity contribution is 5.76.